The fraction of sp³-hybridized carbons (Fsp3) is 0.630. The normalized spacial score (nSPS) is 23.0. The second-order valence-corrected chi connectivity index (χ2v) is 10.6. The highest BCUT2D eigenvalue weighted by atomic mass is 16.5. The van der Waals surface area contributed by atoms with Crippen molar-refractivity contribution in [2.24, 2.45) is 5.92 Å². The molecule has 4 amide bonds. The van der Waals surface area contributed by atoms with Gasteiger partial charge in [0.2, 0.25) is 17.7 Å². The Morgan fingerprint density at radius 3 is 2.68 bits per heavy atom. The zero-order valence-electron chi connectivity index (χ0n) is 22.4. The maximum Gasteiger partial charge on any atom is 0.255 e. The molecule has 1 aromatic carbocycles. The summed E-state index contributed by atoms with van der Waals surface area (Å²) < 4.78 is 6.05. The summed E-state index contributed by atoms with van der Waals surface area (Å²) in [6.07, 6.45) is 2.56. The number of hydrogen-bond acceptors (Lipinski definition) is 6. The molecule has 1 aromatic rings. The van der Waals surface area contributed by atoms with Crippen LogP contribution < -0.4 is 20.7 Å². The maximum atomic E-state index is 13.5. The molecule has 10 nitrogen and oxygen atoms in total. The third-order valence-corrected chi connectivity index (χ3v) is 6.66. The minimum atomic E-state index is -1.10. The number of ether oxygens (including phenoxy) is 1. The summed E-state index contributed by atoms with van der Waals surface area (Å²) in [7, 11) is 3.89. The molecule has 3 atom stereocenters. The SMILES string of the molecule is CC(C)C[C@@H]1NC(=O)C[C@@H](C(=O)NCCCN(C)C)NC(=O)c2ccccc2OC[C@H]2CCCN2C1=O. The standard InChI is InChI=1S/C27H41N5O5/c1-18(2)15-22-27(36)32-14-7-9-19(32)17-37-23-11-6-5-10-20(23)25(34)30-21(16-24(33)29-22)26(35)28-12-8-13-31(3)4/h5-6,10-11,18-19,21-22H,7-9,12-17H2,1-4H3,(H,28,35)(H,29,33)(H,30,34)/t19-,21+,22+/m1/s1. The van der Waals surface area contributed by atoms with Gasteiger partial charge in [-0.1, -0.05) is 26.0 Å². The van der Waals surface area contributed by atoms with Gasteiger partial charge in [0, 0.05) is 13.1 Å². The molecule has 2 heterocycles. The van der Waals surface area contributed by atoms with Crippen LogP contribution in [0.2, 0.25) is 0 Å². The minimum absolute atomic E-state index is 0.132. The Labute approximate surface area is 219 Å². The van der Waals surface area contributed by atoms with Gasteiger partial charge in [-0.05, 0) is 64.4 Å². The van der Waals surface area contributed by atoms with Crippen LogP contribution in [0.25, 0.3) is 0 Å². The molecule has 10 heteroatoms. The van der Waals surface area contributed by atoms with Crippen molar-refractivity contribution < 1.29 is 23.9 Å². The van der Waals surface area contributed by atoms with Gasteiger partial charge >= 0.3 is 0 Å². The van der Waals surface area contributed by atoms with Crippen molar-refractivity contribution in [3.05, 3.63) is 29.8 Å². The molecule has 0 unspecified atom stereocenters. The van der Waals surface area contributed by atoms with Crippen LogP contribution >= 0.6 is 0 Å². The Hall–Kier alpha value is -3.14. The lowest BCUT2D eigenvalue weighted by atomic mass is 10.0. The molecule has 37 heavy (non-hydrogen) atoms. The number of para-hydroxylation sites is 1. The van der Waals surface area contributed by atoms with Crippen LogP contribution in [-0.2, 0) is 14.4 Å². The highest BCUT2D eigenvalue weighted by molar-refractivity contribution is 6.01. The van der Waals surface area contributed by atoms with Gasteiger partial charge in [-0.2, -0.15) is 0 Å². The first-order valence-electron chi connectivity index (χ1n) is 13.2. The fourth-order valence-electron chi connectivity index (χ4n) is 4.77. The number of nitrogens with one attached hydrogen (secondary N) is 3. The van der Waals surface area contributed by atoms with E-state index in [1.807, 2.05) is 32.8 Å². The van der Waals surface area contributed by atoms with E-state index in [1.54, 1.807) is 29.2 Å². The lowest BCUT2D eigenvalue weighted by Gasteiger charge is -2.31. The van der Waals surface area contributed by atoms with Crippen LogP contribution in [0.3, 0.4) is 0 Å². The van der Waals surface area contributed by atoms with E-state index in [1.165, 1.54) is 0 Å². The van der Waals surface area contributed by atoms with E-state index in [0.29, 0.717) is 25.3 Å². The number of hydrogen-bond donors (Lipinski definition) is 3. The lowest BCUT2D eigenvalue weighted by molar-refractivity contribution is -0.138. The fourth-order valence-corrected chi connectivity index (χ4v) is 4.77. The van der Waals surface area contributed by atoms with E-state index in [9.17, 15) is 19.2 Å². The third kappa shape index (κ3) is 8.18. The summed E-state index contributed by atoms with van der Waals surface area (Å²) in [6.45, 7) is 6.03. The van der Waals surface area contributed by atoms with Gasteiger partial charge in [-0.25, -0.2) is 0 Å². The Bertz CT molecular complexity index is 966. The van der Waals surface area contributed by atoms with Gasteiger partial charge in [0.1, 0.15) is 24.4 Å². The summed E-state index contributed by atoms with van der Waals surface area (Å²) in [5.41, 5.74) is 0.277. The highest BCUT2D eigenvalue weighted by Crippen LogP contribution is 2.24. The number of carbonyl (C=O) groups is 4. The first-order valence-corrected chi connectivity index (χ1v) is 13.2. The van der Waals surface area contributed by atoms with E-state index in [0.717, 1.165) is 25.8 Å². The molecule has 0 bridgehead atoms. The van der Waals surface area contributed by atoms with Gasteiger partial charge < -0.3 is 30.5 Å². The smallest absolute Gasteiger partial charge is 0.255 e. The number of benzene rings is 1. The molecule has 3 rings (SSSR count). The number of fused-ring (bicyclic) bond motifs is 2. The summed E-state index contributed by atoms with van der Waals surface area (Å²) in [5.74, 6) is -0.971. The van der Waals surface area contributed by atoms with Crippen LogP contribution in [0.1, 0.15) is 56.3 Å². The van der Waals surface area contributed by atoms with Crippen LogP contribution in [0, 0.1) is 5.92 Å². The minimum Gasteiger partial charge on any atom is -0.491 e. The van der Waals surface area contributed by atoms with Gasteiger partial charge in [0.25, 0.3) is 5.91 Å². The molecule has 3 N–H and O–H groups in total. The second-order valence-electron chi connectivity index (χ2n) is 10.6. The van der Waals surface area contributed by atoms with Crippen molar-refractivity contribution in [1.82, 2.24) is 25.8 Å². The monoisotopic (exact) mass is 515 g/mol. The summed E-state index contributed by atoms with van der Waals surface area (Å²) >= 11 is 0. The molecule has 0 aromatic heterocycles. The van der Waals surface area contributed by atoms with Crippen molar-refractivity contribution in [2.45, 2.75) is 64.1 Å². The quantitative estimate of drug-likeness (QED) is 0.469. The Morgan fingerprint density at radius 1 is 1.19 bits per heavy atom. The Balaban J connectivity index is 1.87. The molecule has 204 valence electrons. The van der Waals surface area contributed by atoms with Gasteiger partial charge in [-0.3, -0.25) is 19.2 Å². The third-order valence-electron chi connectivity index (χ3n) is 6.66. The zero-order valence-corrected chi connectivity index (χ0v) is 22.4. The van der Waals surface area contributed by atoms with Gasteiger partial charge in [0.15, 0.2) is 0 Å². The van der Waals surface area contributed by atoms with Crippen LogP contribution in [0.4, 0.5) is 0 Å². The maximum absolute atomic E-state index is 13.5. The van der Waals surface area contributed by atoms with Crippen LogP contribution in [0.15, 0.2) is 24.3 Å². The predicted octanol–water partition coefficient (Wildman–Crippen LogP) is 1.16. The number of rotatable bonds is 7. The Morgan fingerprint density at radius 2 is 1.95 bits per heavy atom. The highest BCUT2D eigenvalue weighted by Gasteiger charge is 2.36. The molecule has 0 saturated carbocycles. The first kappa shape index (κ1) is 28.4. The molecule has 0 spiro atoms. The molecular weight excluding hydrogens is 474 g/mol. The molecule has 0 aliphatic carbocycles. The van der Waals surface area contributed by atoms with Crippen LogP contribution in [-0.4, -0.2) is 91.9 Å². The number of carbonyl (C=O) groups excluding carboxylic acids is 4. The van der Waals surface area contributed by atoms with E-state index in [2.05, 4.69) is 16.0 Å². The first-order chi connectivity index (χ1) is 17.7. The Kier molecular flexibility index (Phi) is 10.3. The van der Waals surface area contributed by atoms with Gasteiger partial charge in [-0.15, -0.1) is 0 Å². The van der Waals surface area contributed by atoms with E-state index in [4.69, 9.17) is 4.74 Å². The molecule has 1 fully saturated rings. The molecule has 2 aliphatic rings. The average Bonchev–Trinajstić information content (AvgIpc) is 3.31. The van der Waals surface area contributed by atoms with Crippen LogP contribution in [0.5, 0.6) is 5.75 Å². The predicted molar refractivity (Wildman–Crippen MR) is 140 cm³/mol. The topological polar surface area (TPSA) is 120 Å². The lowest BCUT2D eigenvalue weighted by Crippen LogP contribution is -2.54. The largest absolute Gasteiger partial charge is 0.491 e. The summed E-state index contributed by atoms with van der Waals surface area (Å²) in [5, 5.41) is 8.40. The van der Waals surface area contributed by atoms with E-state index >= 15 is 0 Å². The van der Waals surface area contributed by atoms with E-state index < -0.39 is 29.8 Å². The zero-order chi connectivity index (χ0) is 26.9. The molecular formula is C27H41N5O5. The van der Waals surface area contributed by atoms with Crippen molar-refractivity contribution in [3.8, 4) is 5.75 Å². The van der Waals surface area contributed by atoms with Crippen molar-refractivity contribution in [2.75, 3.05) is 40.3 Å². The van der Waals surface area contributed by atoms with E-state index in [-0.39, 0.29) is 36.5 Å². The summed E-state index contributed by atoms with van der Waals surface area (Å²) in [6, 6.07) is 4.87. The van der Waals surface area contributed by atoms with Crippen molar-refractivity contribution in [1.29, 1.82) is 0 Å². The average molecular weight is 516 g/mol. The van der Waals surface area contributed by atoms with Crippen molar-refractivity contribution in [3.63, 3.8) is 0 Å². The number of nitrogens with zero attached hydrogens (tertiary/aromatic N) is 2. The second kappa shape index (κ2) is 13.4. The van der Waals surface area contributed by atoms with Crippen molar-refractivity contribution >= 4 is 23.6 Å². The summed E-state index contributed by atoms with van der Waals surface area (Å²) in [4.78, 5) is 56.7. The molecule has 1 saturated heterocycles. The number of amides is 4. The molecule has 0 radical (unpaired) electrons. The van der Waals surface area contributed by atoms with Gasteiger partial charge in [0.05, 0.1) is 18.0 Å². The molecule has 2 aliphatic heterocycles.